The minimum absolute atomic E-state index is 0.105. The molecule has 5 heteroatoms. The number of carbonyl (C=O) groups is 2. The maximum atomic E-state index is 12.3. The molecule has 2 aromatic carbocycles. The fourth-order valence-corrected chi connectivity index (χ4v) is 3.19. The molecule has 24 heavy (non-hydrogen) atoms. The monoisotopic (exact) mass is 319 g/mol. The van der Waals surface area contributed by atoms with Crippen molar-refractivity contribution in [3.8, 4) is 0 Å². The van der Waals surface area contributed by atoms with E-state index in [1.165, 1.54) is 0 Å². The highest BCUT2D eigenvalue weighted by Gasteiger charge is 2.27. The maximum absolute atomic E-state index is 12.3. The fraction of sp³-hybridized carbons (Fsp3) is 0.158. The molecule has 0 radical (unpaired) electrons. The summed E-state index contributed by atoms with van der Waals surface area (Å²) in [5.41, 5.74) is 2.43. The molecule has 2 amide bonds. The summed E-state index contributed by atoms with van der Waals surface area (Å²) in [6, 6.07) is 18.9. The number of hydrogen-bond donors (Lipinski definition) is 2. The van der Waals surface area contributed by atoms with Crippen molar-refractivity contribution in [3.05, 3.63) is 66.4 Å². The number of rotatable bonds is 3. The van der Waals surface area contributed by atoms with Crippen LogP contribution in [0.2, 0.25) is 0 Å². The Morgan fingerprint density at radius 3 is 2.71 bits per heavy atom. The topological polar surface area (TPSA) is 63.1 Å². The largest absolute Gasteiger partial charge is 0.346 e. The van der Waals surface area contributed by atoms with Gasteiger partial charge in [0.05, 0.1) is 6.04 Å². The van der Waals surface area contributed by atoms with Gasteiger partial charge in [-0.15, -0.1) is 0 Å². The molecule has 1 aromatic heterocycles. The van der Waals surface area contributed by atoms with Gasteiger partial charge in [-0.2, -0.15) is 0 Å². The van der Waals surface area contributed by atoms with Crippen LogP contribution in [-0.2, 0) is 11.3 Å². The first-order valence-electron chi connectivity index (χ1n) is 7.95. The zero-order chi connectivity index (χ0) is 16.5. The van der Waals surface area contributed by atoms with Crippen LogP contribution >= 0.6 is 0 Å². The van der Waals surface area contributed by atoms with Gasteiger partial charge < -0.3 is 15.2 Å². The molecule has 0 unspecified atom stereocenters. The Kier molecular flexibility index (Phi) is 3.54. The summed E-state index contributed by atoms with van der Waals surface area (Å²) in [5.74, 6) is -0.235. The summed E-state index contributed by atoms with van der Waals surface area (Å²) >= 11 is 0. The van der Waals surface area contributed by atoms with E-state index in [4.69, 9.17) is 0 Å². The van der Waals surface area contributed by atoms with Gasteiger partial charge in [-0.1, -0.05) is 36.4 Å². The van der Waals surface area contributed by atoms with Gasteiger partial charge in [0.1, 0.15) is 5.69 Å². The van der Waals surface area contributed by atoms with Crippen molar-refractivity contribution in [2.45, 2.75) is 19.0 Å². The van der Waals surface area contributed by atoms with Crippen molar-refractivity contribution < 1.29 is 9.59 Å². The number of hydrogen-bond acceptors (Lipinski definition) is 2. The molecule has 0 spiro atoms. The van der Waals surface area contributed by atoms with Crippen molar-refractivity contribution in [1.82, 2.24) is 9.88 Å². The van der Waals surface area contributed by atoms with Crippen LogP contribution in [0.15, 0.2) is 60.7 Å². The fourth-order valence-electron chi connectivity index (χ4n) is 3.19. The van der Waals surface area contributed by atoms with E-state index in [9.17, 15) is 9.59 Å². The molecule has 1 aliphatic rings. The Balaban J connectivity index is 1.52. The SMILES string of the molecule is O=C(C[C@H]1Cn2c(cc3ccccc32)C(=O)N1)Nc1ccccc1. The molecule has 0 saturated carbocycles. The van der Waals surface area contributed by atoms with Gasteiger partial charge in [-0.3, -0.25) is 9.59 Å². The van der Waals surface area contributed by atoms with Crippen molar-refractivity contribution in [1.29, 1.82) is 0 Å². The third kappa shape index (κ3) is 2.65. The molecule has 3 aromatic rings. The number of carbonyl (C=O) groups excluding carboxylic acids is 2. The molecule has 0 bridgehead atoms. The van der Waals surface area contributed by atoms with E-state index in [0.29, 0.717) is 12.2 Å². The molecule has 2 heterocycles. The lowest BCUT2D eigenvalue weighted by Gasteiger charge is -2.26. The normalized spacial score (nSPS) is 16.5. The van der Waals surface area contributed by atoms with Crippen molar-refractivity contribution in [3.63, 3.8) is 0 Å². The lowest BCUT2D eigenvalue weighted by atomic mass is 10.1. The number of nitrogens with zero attached hydrogens (tertiary/aromatic N) is 1. The highest BCUT2D eigenvalue weighted by Crippen LogP contribution is 2.23. The van der Waals surface area contributed by atoms with Gasteiger partial charge in [-0.05, 0) is 24.3 Å². The molecular weight excluding hydrogens is 302 g/mol. The molecule has 4 rings (SSSR count). The van der Waals surface area contributed by atoms with Crippen LogP contribution in [0.4, 0.5) is 5.69 Å². The summed E-state index contributed by atoms with van der Waals surface area (Å²) in [7, 11) is 0. The van der Waals surface area contributed by atoms with Gasteiger partial charge in [-0.25, -0.2) is 0 Å². The summed E-state index contributed by atoms with van der Waals surface area (Å²) in [6.07, 6.45) is 0.243. The van der Waals surface area contributed by atoms with Crippen LogP contribution in [0.25, 0.3) is 10.9 Å². The maximum Gasteiger partial charge on any atom is 0.268 e. The van der Waals surface area contributed by atoms with Crippen LogP contribution < -0.4 is 10.6 Å². The van der Waals surface area contributed by atoms with Crippen LogP contribution in [0, 0.1) is 0 Å². The van der Waals surface area contributed by atoms with E-state index < -0.39 is 0 Å². The summed E-state index contributed by atoms with van der Waals surface area (Å²) < 4.78 is 1.99. The number of para-hydroxylation sites is 2. The first kappa shape index (κ1) is 14.5. The summed E-state index contributed by atoms with van der Waals surface area (Å²) in [4.78, 5) is 24.6. The minimum atomic E-state index is -0.218. The molecule has 0 saturated heterocycles. The lowest BCUT2D eigenvalue weighted by molar-refractivity contribution is -0.116. The second-order valence-corrected chi connectivity index (χ2v) is 5.99. The predicted molar refractivity (Wildman–Crippen MR) is 92.9 cm³/mol. The lowest BCUT2D eigenvalue weighted by Crippen LogP contribution is -2.45. The zero-order valence-corrected chi connectivity index (χ0v) is 13.0. The van der Waals surface area contributed by atoms with Gasteiger partial charge in [0, 0.05) is 29.6 Å². The Bertz CT molecular complexity index is 915. The molecule has 2 N–H and O–H groups in total. The predicted octanol–water partition coefficient (Wildman–Crippen LogP) is 2.78. The third-order valence-corrected chi connectivity index (χ3v) is 4.27. The molecule has 0 aliphatic carbocycles. The van der Waals surface area contributed by atoms with E-state index in [-0.39, 0.29) is 24.3 Å². The van der Waals surface area contributed by atoms with Gasteiger partial charge >= 0.3 is 0 Å². The highest BCUT2D eigenvalue weighted by molar-refractivity contribution is 6.00. The second kappa shape index (κ2) is 5.85. The van der Waals surface area contributed by atoms with Gasteiger partial charge in [0.15, 0.2) is 0 Å². The molecule has 5 nitrogen and oxygen atoms in total. The zero-order valence-electron chi connectivity index (χ0n) is 13.0. The molecule has 0 fully saturated rings. The van der Waals surface area contributed by atoms with Crippen LogP contribution in [0.5, 0.6) is 0 Å². The van der Waals surface area contributed by atoms with Crippen LogP contribution in [0.1, 0.15) is 16.9 Å². The van der Waals surface area contributed by atoms with Crippen molar-refractivity contribution >= 4 is 28.4 Å². The van der Waals surface area contributed by atoms with Crippen LogP contribution in [0.3, 0.4) is 0 Å². The van der Waals surface area contributed by atoms with E-state index in [0.717, 1.165) is 16.6 Å². The average Bonchev–Trinajstić information content (AvgIpc) is 2.95. The second-order valence-electron chi connectivity index (χ2n) is 5.99. The standard InChI is InChI=1S/C19H17N3O2/c23-18(20-14-7-2-1-3-8-14)11-15-12-22-16-9-5-4-6-13(16)10-17(22)19(24)21-15/h1-10,15H,11-12H2,(H,20,23)(H,21,24)/t15-/m0/s1. The number of benzene rings is 2. The first-order chi connectivity index (χ1) is 11.7. The quantitative estimate of drug-likeness (QED) is 0.780. The molecule has 120 valence electrons. The van der Waals surface area contributed by atoms with E-state index >= 15 is 0 Å². The van der Waals surface area contributed by atoms with E-state index in [1.807, 2.05) is 65.2 Å². The third-order valence-electron chi connectivity index (χ3n) is 4.27. The number of nitrogens with one attached hydrogen (secondary N) is 2. The van der Waals surface area contributed by atoms with Crippen molar-refractivity contribution in [2.75, 3.05) is 5.32 Å². The van der Waals surface area contributed by atoms with Crippen LogP contribution in [-0.4, -0.2) is 22.4 Å². The first-order valence-corrected chi connectivity index (χ1v) is 7.95. The number of amides is 2. The summed E-state index contributed by atoms with van der Waals surface area (Å²) in [6.45, 7) is 0.594. The Labute approximate surface area is 139 Å². The smallest absolute Gasteiger partial charge is 0.268 e. The Morgan fingerprint density at radius 2 is 1.88 bits per heavy atom. The number of aromatic nitrogens is 1. The molecule has 1 atom stereocenters. The minimum Gasteiger partial charge on any atom is -0.346 e. The molecular formula is C19H17N3O2. The highest BCUT2D eigenvalue weighted by atomic mass is 16.2. The van der Waals surface area contributed by atoms with Crippen molar-refractivity contribution in [2.24, 2.45) is 0 Å². The Hall–Kier alpha value is -3.08. The van der Waals surface area contributed by atoms with Gasteiger partial charge in [0.25, 0.3) is 5.91 Å². The Morgan fingerprint density at radius 1 is 1.12 bits per heavy atom. The summed E-state index contributed by atoms with van der Waals surface area (Å²) in [5, 5.41) is 6.83. The average molecular weight is 319 g/mol. The van der Waals surface area contributed by atoms with E-state index in [2.05, 4.69) is 10.6 Å². The van der Waals surface area contributed by atoms with Gasteiger partial charge in [0.2, 0.25) is 5.91 Å². The number of anilines is 1. The van der Waals surface area contributed by atoms with E-state index in [1.54, 1.807) is 0 Å². The molecule has 1 aliphatic heterocycles. The number of fused-ring (bicyclic) bond motifs is 3.